The molecule has 0 aliphatic heterocycles. The second-order valence-electron chi connectivity index (χ2n) is 10.9. The zero-order valence-electron chi connectivity index (χ0n) is 17.0. The van der Waals surface area contributed by atoms with Crippen molar-refractivity contribution in [2.45, 2.75) is 103 Å². The monoisotopic (exact) mass is 352 g/mol. The van der Waals surface area contributed by atoms with E-state index < -0.39 is 8.32 Å². The summed E-state index contributed by atoms with van der Waals surface area (Å²) in [5.74, 6) is 1.58. The Kier molecular flexibility index (Phi) is 4.80. The van der Waals surface area contributed by atoms with Crippen molar-refractivity contribution in [1.29, 1.82) is 0 Å². The molecule has 0 aromatic rings. The van der Waals surface area contributed by atoms with E-state index in [0.29, 0.717) is 28.6 Å². The van der Waals surface area contributed by atoms with Gasteiger partial charge in [-0.1, -0.05) is 34.1 Å². The third kappa shape index (κ3) is 3.03. The van der Waals surface area contributed by atoms with Crippen molar-refractivity contribution in [3.8, 4) is 0 Å². The van der Waals surface area contributed by atoms with Crippen molar-refractivity contribution in [1.82, 2.24) is 0 Å². The van der Waals surface area contributed by atoms with Crippen molar-refractivity contribution >= 4 is 8.32 Å². The van der Waals surface area contributed by atoms with Gasteiger partial charge in [0.2, 0.25) is 0 Å². The molecule has 3 fully saturated rings. The van der Waals surface area contributed by atoms with Gasteiger partial charge in [-0.25, -0.2) is 0 Å². The van der Waals surface area contributed by atoms with Crippen LogP contribution in [0.3, 0.4) is 0 Å². The Labute approximate surface area is 150 Å². The minimum Gasteiger partial charge on any atom is -0.414 e. The highest BCUT2D eigenvalue weighted by Crippen LogP contribution is 2.69. The maximum atomic E-state index is 9.56. The summed E-state index contributed by atoms with van der Waals surface area (Å²) in [6.45, 7) is 14.9. The molecule has 0 radical (unpaired) electrons. The third-order valence-electron chi connectivity index (χ3n) is 8.56. The van der Waals surface area contributed by atoms with Gasteiger partial charge in [-0.3, -0.25) is 0 Å². The van der Waals surface area contributed by atoms with Gasteiger partial charge in [0, 0.05) is 12.7 Å². The molecule has 3 aliphatic carbocycles. The van der Waals surface area contributed by atoms with Crippen molar-refractivity contribution in [2.75, 3.05) is 6.61 Å². The van der Waals surface area contributed by atoms with Crippen LogP contribution in [0.25, 0.3) is 0 Å². The first kappa shape index (κ1) is 18.9. The zero-order valence-corrected chi connectivity index (χ0v) is 18.0. The maximum Gasteiger partial charge on any atom is 0.192 e. The standard InChI is InChI=1S/C21H40O2Si/c1-19(2,3)24(5,6)23-17-8-7-11-20(4)16(17)9-10-18(20)21(12-13-21)14-15-22/h16-18,22H,7-15H2,1-6H3/t16?,17-,18?,20-/m0/s1. The smallest absolute Gasteiger partial charge is 0.192 e. The van der Waals surface area contributed by atoms with Crippen molar-refractivity contribution < 1.29 is 9.53 Å². The van der Waals surface area contributed by atoms with Gasteiger partial charge in [0.05, 0.1) is 0 Å². The number of aliphatic hydroxyl groups is 1. The van der Waals surface area contributed by atoms with Gasteiger partial charge >= 0.3 is 0 Å². The second kappa shape index (κ2) is 6.09. The van der Waals surface area contributed by atoms with Crippen LogP contribution in [0.5, 0.6) is 0 Å². The molecule has 0 bridgehead atoms. The minimum atomic E-state index is -1.69. The average Bonchev–Trinajstić information content (AvgIpc) is 3.12. The van der Waals surface area contributed by atoms with Crippen LogP contribution >= 0.6 is 0 Å². The third-order valence-corrected chi connectivity index (χ3v) is 13.1. The Hall–Kier alpha value is 0.137. The summed E-state index contributed by atoms with van der Waals surface area (Å²) in [6.07, 6.45) is 10.9. The van der Waals surface area contributed by atoms with E-state index in [-0.39, 0.29) is 0 Å². The summed E-state index contributed by atoms with van der Waals surface area (Å²) in [6, 6.07) is 0. The Morgan fingerprint density at radius 2 is 1.75 bits per heavy atom. The Morgan fingerprint density at radius 1 is 1.08 bits per heavy atom. The van der Waals surface area contributed by atoms with Crippen molar-refractivity contribution in [2.24, 2.45) is 22.7 Å². The summed E-state index contributed by atoms with van der Waals surface area (Å²) in [5.41, 5.74) is 0.939. The van der Waals surface area contributed by atoms with E-state index in [1.807, 2.05) is 0 Å². The molecule has 3 rings (SSSR count). The summed E-state index contributed by atoms with van der Waals surface area (Å²) >= 11 is 0. The lowest BCUT2D eigenvalue weighted by Crippen LogP contribution is -2.50. The maximum absolute atomic E-state index is 9.56. The molecule has 0 aromatic heterocycles. The molecule has 4 atom stereocenters. The number of fused-ring (bicyclic) bond motifs is 1. The largest absolute Gasteiger partial charge is 0.414 e. The van der Waals surface area contributed by atoms with Gasteiger partial charge in [0.1, 0.15) is 0 Å². The molecule has 2 nitrogen and oxygen atoms in total. The molecule has 24 heavy (non-hydrogen) atoms. The number of rotatable bonds is 5. The van der Waals surface area contributed by atoms with E-state index in [4.69, 9.17) is 4.43 Å². The van der Waals surface area contributed by atoms with Crippen molar-refractivity contribution in [3.05, 3.63) is 0 Å². The van der Waals surface area contributed by atoms with E-state index in [9.17, 15) is 5.11 Å². The molecule has 3 heteroatoms. The van der Waals surface area contributed by atoms with Crippen LogP contribution in [-0.2, 0) is 4.43 Å². The van der Waals surface area contributed by atoms with Crippen molar-refractivity contribution in [3.63, 3.8) is 0 Å². The van der Waals surface area contributed by atoms with Gasteiger partial charge in [-0.05, 0) is 85.7 Å². The number of aliphatic hydroxyl groups excluding tert-OH is 1. The zero-order chi connectivity index (χ0) is 17.8. The molecule has 140 valence electrons. The predicted molar refractivity (Wildman–Crippen MR) is 104 cm³/mol. The van der Waals surface area contributed by atoms with E-state index >= 15 is 0 Å². The first-order chi connectivity index (χ1) is 11.1. The molecule has 2 unspecified atom stereocenters. The molecule has 0 amide bonds. The highest BCUT2D eigenvalue weighted by atomic mass is 28.4. The fourth-order valence-corrected chi connectivity index (χ4v) is 7.37. The predicted octanol–water partition coefficient (Wildman–Crippen LogP) is 5.76. The second-order valence-corrected chi connectivity index (χ2v) is 15.6. The van der Waals surface area contributed by atoms with Gasteiger partial charge in [-0.2, -0.15) is 0 Å². The van der Waals surface area contributed by atoms with E-state index in [1.165, 1.54) is 44.9 Å². The average molecular weight is 353 g/mol. The fraction of sp³-hybridized carbons (Fsp3) is 1.00. The first-order valence-electron chi connectivity index (χ1n) is 10.3. The lowest BCUT2D eigenvalue weighted by atomic mass is 9.60. The lowest BCUT2D eigenvalue weighted by Gasteiger charge is -2.50. The van der Waals surface area contributed by atoms with Crippen LogP contribution in [0.4, 0.5) is 0 Å². The van der Waals surface area contributed by atoms with Crippen LogP contribution in [0.15, 0.2) is 0 Å². The number of hydrogen-bond donors (Lipinski definition) is 1. The number of hydrogen-bond acceptors (Lipinski definition) is 2. The molecule has 0 saturated heterocycles. The summed E-state index contributed by atoms with van der Waals surface area (Å²) in [7, 11) is -1.69. The van der Waals surface area contributed by atoms with Crippen LogP contribution < -0.4 is 0 Å². The normalized spacial score (nSPS) is 38.9. The molecule has 3 saturated carbocycles. The summed E-state index contributed by atoms with van der Waals surface area (Å²) < 4.78 is 6.95. The van der Waals surface area contributed by atoms with Gasteiger partial charge in [0.15, 0.2) is 8.32 Å². The molecule has 0 aromatic carbocycles. The van der Waals surface area contributed by atoms with Gasteiger partial charge < -0.3 is 9.53 Å². The Balaban J connectivity index is 1.78. The van der Waals surface area contributed by atoms with Crippen LogP contribution in [-0.4, -0.2) is 26.1 Å². The summed E-state index contributed by atoms with van der Waals surface area (Å²) in [4.78, 5) is 0. The Bertz CT molecular complexity index is 463. The van der Waals surface area contributed by atoms with Crippen LogP contribution in [0.1, 0.15) is 79.1 Å². The SMILES string of the molecule is CC(C)(C)[Si](C)(C)O[C@H]1CCC[C@@]2(C)C1CCC2C1(CCO)CC1. The molecule has 1 N–H and O–H groups in total. The van der Waals surface area contributed by atoms with Gasteiger partial charge in [0.25, 0.3) is 0 Å². The molecular weight excluding hydrogens is 312 g/mol. The van der Waals surface area contributed by atoms with Gasteiger partial charge in [-0.15, -0.1) is 0 Å². The fourth-order valence-electron chi connectivity index (χ4n) is 5.98. The van der Waals surface area contributed by atoms with E-state index in [0.717, 1.165) is 18.3 Å². The lowest BCUT2D eigenvalue weighted by molar-refractivity contribution is -0.0288. The van der Waals surface area contributed by atoms with E-state index in [1.54, 1.807) is 0 Å². The van der Waals surface area contributed by atoms with Crippen LogP contribution in [0, 0.1) is 22.7 Å². The quantitative estimate of drug-likeness (QED) is 0.638. The van der Waals surface area contributed by atoms with Crippen LogP contribution in [0.2, 0.25) is 18.1 Å². The molecule has 0 spiro atoms. The highest BCUT2D eigenvalue weighted by molar-refractivity contribution is 6.74. The van der Waals surface area contributed by atoms with E-state index in [2.05, 4.69) is 40.8 Å². The first-order valence-corrected chi connectivity index (χ1v) is 13.3. The Morgan fingerprint density at radius 3 is 2.29 bits per heavy atom. The molecular formula is C21H40O2Si. The topological polar surface area (TPSA) is 29.5 Å². The summed E-state index contributed by atoms with van der Waals surface area (Å²) in [5, 5.41) is 9.86. The minimum absolute atomic E-state index is 0.299. The molecule has 3 aliphatic rings. The highest BCUT2D eigenvalue weighted by Gasteiger charge is 2.62. The molecule has 0 heterocycles.